The van der Waals surface area contributed by atoms with E-state index in [2.05, 4.69) is 15.6 Å². The number of amides is 1. The highest BCUT2D eigenvalue weighted by atomic mass is 19.4. The molecule has 1 amide bonds. The summed E-state index contributed by atoms with van der Waals surface area (Å²) in [5.41, 5.74) is 0.183. The Labute approximate surface area is 112 Å². The lowest BCUT2D eigenvalue weighted by Gasteiger charge is -2.06. The minimum atomic E-state index is -4.37. The summed E-state index contributed by atoms with van der Waals surface area (Å²) in [5, 5.41) is 9.99. The molecular formula is C12H11F3N4O. The van der Waals surface area contributed by atoms with Crippen LogP contribution in [0.2, 0.25) is 0 Å². The molecule has 20 heavy (non-hydrogen) atoms. The fourth-order valence-corrected chi connectivity index (χ4v) is 1.56. The summed E-state index contributed by atoms with van der Waals surface area (Å²) in [7, 11) is 1.50. The number of benzene rings is 1. The Morgan fingerprint density at radius 1 is 1.30 bits per heavy atom. The topological polar surface area (TPSA) is 59.8 Å². The Kier molecular flexibility index (Phi) is 3.73. The first-order chi connectivity index (χ1) is 9.40. The molecule has 0 aliphatic heterocycles. The molecule has 2 rings (SSSR count). The number of aromatic nitrogens is 3. The zero-order valence-electron chi connectivity index (χ0n) is 10.5. The van der Waals surface area contributed by atoms with Gasteiger partial charge >= 0.3 is 6.18 Å². The highest BCUT2D eigenvalue weighted by Crippen LogP contribution is 2.30. The van der Waals surface area contributed by atoms with Crippen molar-refractivity contribution in [1.82, 2.24) is 20.3 Å². The van der Waals surface area contributed by atoms with Crippen LogP contribution in [-0.2, 0) is 17.5 Å². The van der Waals surface area contributed by atoms with Crippen molar-refractivity contribution in [2.45, 2.75) is 12.7 Å². The van der Waals surface area contributed by atoms with Crippen LogP contribution in [0.25, 0.3) is 11.3 Å². The van der Waals surface area contributed by atoms with Gasteiger partial charge in [0.1, 0.15) is 12.2 Å². The van der Waals surface area contributed by atoms with Crippen molar-refractivity contribution in [1.29, 1.82) is 0 Å². The van der Waals surface area contributed by atoms with Crippen molar-refractivity contribution < 1.29 is 18.0 Å². The predicted molar refractivity (Wildman–Crippen MR) is 64.5 cm³/mol. The summed E-state index contributed by atoms with van der Waals surface area (Å²) in [6.07, 6.45) is -2.87. The lowest BCUT2D eigenvalue weighted by atomic mass is 10.1. The van der Waals surface area contributed by atoms with Gasteiger partial charge in [0, 0.05) is 12.6 Å². The second-order valence-electron chi connectivity index (χ2n) is 4.05. The van der Waals surface area contributed by atoms with Crippen LogP contribution in [0.1, 0.15) is 5.56 Å². The van der Waals surface area contributed by atoms with Crippen LogP contribution in [0.15, 0.2) is 30.5 Å². The van der Waals surface area contributed by atoms with Gasteiger partial charge in [-0.3, -0.25) is 4.79 Å². The van der Waals surface area contributed by atoms with Crippen LogP contribution >= 0.6 is 0 Å². The predicted octanol–water partition coefficient (Wildman–Crippen LogP) is 1.71. The van der Waals surface area contributed by atoms with E-state index in [0.29, 0.717) is 11.3 Å². The van der Waals surface area contributed by atoms with E-state index in [1.165, 1.54) is 30.1 Å². The van der Waals surface area contributed by atoms with E-state index in [1.54, 1.807) is 0 Å². The number of halogens is 3. The van der Waals surface area contributed by atoms with Gasteiger partial charge in [-0.15, -0.1) is 5.10 Å². The zero-order chi connectivity index (χ0) is 14.8. The minimum Gasteiger partial charge on any atom is -0.358 e. The van der Waals surface area contributed by atoms with Gasteiger partial charge in [-0.25, -0.2) is 4.68 Å². The van der Waals surface area contributed by atoms with Crippen molar-refractivity contribution in [2.75, 3.05) is 7.05 Å². The van der Waals surface area contributed by atoms with Gasteiger partial charge in [0.05, 0.1) is 11.8 Å². The third kappa shape index (κ3) is 3.14. The fraction of sp³-hybridized carbons (Fsp3) is 0.250. The standard InChI is InChI=1S/C12H11F3N4O/c1-16-11(20)7-19-6-10(17-18-19)8-2-4-9(5-3-8)12(13,14)15/h2-6H,7H2,1H3,(H,16,20). The largest absolute Gasteiger partial charge is 0.416 e. The van der Waals surface area contributed by atoms with Crippen molar-refractivity contribution in [3.05, 3.63) is 36.0 Å². The molecule has 0 aliphatic carbocycles. The third-order valence-electron chi connectivity index (χ3n) is 2.63. The lowest BCUT2D eigenvalue weighted by molar-refractivity contribution is -0.137. The summed E-state index contributed by atoms with van der Waals surface area (Å²) in [6.45, 7) is 0.00410. The molecule has 1 N–H and O–H groups in total. The smallest absolute Gasteiger partial charge is 0.358 e. The SMILES string of the molecule is CNC(=O)Cn1cc(-c2ccc(C(F)(F)F)cc2)nn1. The Morgan fingerprint density at radius 2 is 1.95 bits per heavy atom. The summed E-state index contributed by atoms with van der Waals surface area (Å²) in [5.74, 6) is -0.242. The monoisotopic (exact) mass is 284 g/mol. The van der Waals surface area contributed by atoms with Gasteiger partial charge in [0.2, 0.25) is 5.91 Å². The molecule has 0 spiro atoms. The van der Waals surface area contributed by atoms with Crippen molar-refractivity contribution in [2.24, 2.45) is 0 Å². The second kappa shape index (κ2) is 5.32. The minimum absolute atomic E-state index is 0.00410. The van der Waals surface area contributed by atoms with E-state index in [1.807, 2.05) is 0 Å². The molecule has 106 valence electrons. The van der Waals surface area contributed by atoms with Gasteiger partial charge in [-0.2, -0.15) is 13.2 Å². The van der Waals surface area contributed by atoms with E-state index in [0.717, 1.165) is 12.1 Å². The molecule has 1 aromatic heterocycles. The first kappa shape index (κ1) is 14.0. The molecule has 0 fully saturated rings. The Morgan fingerprint density at radius 3 is 2.50 bits per heavy atom. The van der Waals surface area contributed by atoms with Crippen molar-refractivity contribution >= 4 is 5.91 Å². The average molecular weight is 284 g/mol. The molecule has 8 heteroatoms. The number of hydrogen-bond donors (Lipinski definition) is 1. The number of hydrogen-bond acceptors (Lipinski definition) is 3. The quantitative estimate of drug-likeness (QED) is 0.933. The van der Waals surface area contributed by atoms with E-state index in [4.69, 9.17) is 0 Å². The number of carbonyl (C=O) groups is 1. The number of nitrogens with zero attached hydrogens (tertiary/aromatic N) is 3. The number of rotatable bonds is 3. The van der Waals surface area contributed by atoms with Crippen LogP contribution in [0.4, 0.5) is 13.2 Å². The molecule has 0 saturated carbocycles. The fourth-order valence-electron chi connectivity index (χ4n) is 1.56. The van der Waals surface area contributed by atoms with Crippen LogP contribution < -0.4 is 5.32 Å². The number of carbonyl (C=O) groups excluding carboxylic acids is 1. The van der Waals surface area contributed by atoms with Crippen LogP contribution in [0.5, 0.6) is 0 Å². The third-order valence-corrected chi connectivity index (χ3v) is 2.63. The number of likely N-dealkylation sites (N-methyl/N-ethyl adjacent to an activating group) is 1. The van der Waals surface area contributed by atoms with Gasteiger partial charge in [-0.05, 0) is 12.1 Å². The summed E-state index contributed by atoms with van der Waals surface area (Å²) >= 11 is 0. The molecular weight excluding hydrogens is 273 g/mol. The Bertz CT molecular complexity index is 604. The average Bonchev–Trinajstić information content (AvgIpc) is 2.86. The number of nitrogens with one attached hydrogen (secondary N) is 1. The maximum absolute atomic E-state index is 12.4. The van der Waals surface area contributed by atoms with E-state index >= 15 is 0 Å². The molecule has 2 aromatic rings. The molecule has 0 bridgehead atoms. The summed E-state index contributed by atoms with van der Waals surface area (Å²) in [4.78, 5) is 11.2. The second-order valence-corrected chi connectivity index (χ2v) is 4.05. The Hall–Kier alpha value is -2.38. The zero-order valence-corrected chi connectivity index (χ0v) is 10.5. The van der Waals surface area contributed by atoms with E-state index in [9.17, 15) is 18.0 Å². The molecule has 0 aliphatic rings. The highest BCUT2D eigenvalue weighted by Gasteiger charge is 2.30. The van der Waals surface area contributed by atoms with Crippen LogP contribution in [0.3, 0.4) is 0 Å². The molecule has 0 saturated heterocycles. The molecule has 0 radical (unpaired) electrons. The number of alkyl halides is 3. The van der Waals surface area contributed by atoms with Gasteiger partial charge in [0.25, 0.3) is 0 Å². The summed E-state index contributed by atoms with van der Waals surface area (Å²) < 4.78 is 38.6. The Balaban J connectivity index is 2.18. The molecule has 1 heterocycles. The molecule has 0 atom stereocenters. The lowest BCUT2D eigenvalue weighted by Crippen LogP contribution is -2.23. The van der Waals surface area contributed by atoms with Gasteiger partial charge < -0.3 is 5.32 Å². The van der Waals surface area contributed by atoms with E-state index < -0.39 is 11.7 Å². The van der Waals surface area contributed by atoms with Crippen molar-refractivity contribution in [3.63, 3.8) is 0 Å². The first-order valence-electron chi connectivity index (χ1n) is 5.68. The first-order valence-corrected chi connectivity index (χ1v) is 5.68. The maximum atomic E-state index is 12.4. The molecule has 5 nitrogen and oxygen atoms in total. The van der Waals surface area contributed by atoms with Crippen LogP contribution in [0, 0.1) is 0 Å². The normalized spacial score (nSPS) is 11.4. The maximum Gasteiger partial charge on any atom is 0.416 e. The highest BCUT2D eigenvalue weighted by molar-refractivity contribution is 5.75. The molecule has 0 unspecified atom stereocenters. The summed E-state index contributed by atoms with van der Waals surface area (Å²) in [6, 6.07) is 4.59. The molecule has 1 aromatic carbocycles. The van der Waals surface area contributed by atoms with Crippen LogP contribution in [-0.4, -0.2) is 27.9 Å². The van der Waals surface area contributed by atoms with Crippen molar-refractivity contribution in [3.8, 4) is 11.3 Å². The van der Waals surface area contributed by atoms with Gasteiger partial charge in [0.15, 0.2) is 0 Å². The van der Waals surface area contributed by atoms with Gasteiger partial charge in [-0.1, -0.05) is 17.3 Å². The van der Waals surface area contributed by atoms with E-state index in [-0.39, 0.29) is 12.5 Å².